The standard InChI is InChI=1S/C9H11F2N3O4/c10-9(11)6(16)4(3-15)18-7(9)14-2-1-5(12)13-8(14)17/h1-2,4,6-7,15-16H,3H2,(H2,12,13,17)/t4-,6?,7-/m1/s1. The predicted molar refractivity (Wildman–Crippen MR) is 54.9 cm³/mol. The van der Waals surface area contributed by atoms with Gasteiger partial charge in [-0.3, -0.25) is 4.57 Å². The molecule has 1 fully saturated rings. The first-order valence-electron chi connectivity index (χ1n) is 5.04. The first kappa shape index (κ1) is 12.9. The van der Waals surface area contributed by atoms with Crippen molar-refractivity contribution in [2.75, 3.05) is 12.3 Å². The van der Waals surface area contributed by atoms with Crippen LogP contribution in [0.15, 0.2) is 17.1 Å². The molecule has 18 heavy (non-hydrogen) atoms. The molecule has 1 aliphatic heterocycles. The van der Waals surface area contributed by atoms with Crippen molar-refractivity contribution in [3.05, 3.63) is 22.7 Å². The van der Waals surface area contributed by atoms with Crippen molar-refractivity contribution >= 4 is 5.82 Å². The van der Waals surface area contributed by atoms with E-state index in [0.29, 0.717) is 4.57 Å². The predicted octanol–water partition coefficient (Wildman–Crippen LogP) is -1.29. The highest BCUT2D eigenvalue weighted by molar-refractivity contribution is 5.23. The molecule has 1 aromatic heterocycles. The van der Waals surface area contributed by atoms with Crippen LogP contribution in [-0.2, 0) is 4.74 Å². The lowest BCUT2D eigenvalue weighted by Crippen LogP contribution is -2.41. The lowest BCUT2D eigenvalue weighted by molar-refractivity contribution is -0.140. The first-order chi connectivity index (χ1) is 8.37. The monoisotopic (exact) mass is 263 g/mol. The number of anilines is 1. The average Bonchev–Trinajstić information content (AvgIpc) is 2.52. The van der Waals surface area contributed by atoms with Gasteiger partial charge in [0, 0.05) is 6.20 Å². The second-order valence-electron chi connectivity index (χ2n) is 3.87. The van der Waals surface area contributed by atoms with Crippen molar-refractivity contribution in [1.82, 2.24) is 9.55 Å². The Hall–Kier alpha value is -1.58. The molecule has 1 aromatic rings. The van der Waals surface area contributed by atoms with E-state index < -0.39 is 36.7 Å². The third-order valence-electron chi connectivity index (χ3n) is 2.66. The van der Waals surface area contributed by atoms with E-state index in [0.717, 1.165) is 12.3 Å². The maximum atomic E-state index is 13.7. The lowest BCUT2D eigenvalue weighted by atomic mass is 10.1. The third-order valence-corrected chi connectivity index (χ3v) is 2.66. The summed E-state index contributed by atoms with van der Waals surface area (Å²) < 4.78 is 32.7. The number of aromatic nitrogens is 2. The molecular formula is C9H11F2N3O4. The topological polar surface area (TPSA) is 111 Å². The SMILES string of the molecule is Nc1ccn([C@@H]2O[C@H](CO)C(O)C2(F)F)c(=O)n1. The lowest BCUT2D eigenvalue weighted by Gasteiger charge is -2.20. The van der Waals surface area contributed by atoms with Gasteiger partial charge in [0.25, 0.3) is 0 Å². The Labute approximate surface area is 99.4 Å². The number of nitrogen functional groups attached to an aromatic ring is 1. The number of alkyl halides is 2. The Balaban J connectivity index is 2.42. The van der Waals surface area contributed by atoms with Gasteiger partial charge in [0.1, 0.15) is 11.9 Å². The number of ether oxygens (including phenoxy) is 1. The van der Waals surface area contributed by atoms with E-state index in [-0.39, 0.29) is 5.82 Å². The summed E-state index contributed by atoms with van der Waals surface area (Å²) in [7, 11) is 0. The molecule has 0 amide bonds. The van der Waals surface area contributed by atoms with Crippen LogP contribution in [0.2, 0.25) is 0 Å². The molecule has 7 nitrogen and oxygen atoms in total. The fourth-order valence-corrected chi connectivity index (χ4v) is 1.72. The molecule has 1 saturated heterocycles. The largest absolute Gasteiger partial charge is 0.394 e. The van der Waals surface area contributed by atoms with E-state index in [2.05, 4.69) is 4.98 Å². The zero-order valence-electron chi connectivity index (χ0n) is 9.03. The fourth-order valence-electron chi connectivity index (χ4n) is 1.72. The maximum absolute atomic E-state index is 13.7. The van der Waals surface area contributed by atoms with Gasteiger partial charge < -0.3 is 20.7 Å². The van der Waals surface area contributed by atoms with E-state index in [1.165, 1.54) is 0 Å². The second kappa shape index (κ2) is 4.26. The van der Waals surface area contributed by atoms with E-state index in [1.807, 2.05) is 0 Å². The summed E-state index contributed by atoms with van der Waals surface area (Å²) >= 11 is 0. The Morgan fingerprint density at radius 1 is 1.61 bits per heavy atom. The summed E-state index contributed by atoms with van der Waals surface area (Å²) in [5, 5.41) is 18.1. The average molecular weight is 263 g/mol. The normalized spacial score (nSPS) is 30.6. The molecule has 0 aliphatic carbocycles. The van der Waals surface area contributed by atoms with Crippen LogP contribution >= 0.6 is 0 Å². The molecular weight excluding hydrogens is 252 g/mol. The van der Waals surface area contributed by atoms with Crippen LogP contribution in [0.25, 0.3) is 0 Å². The van der Waals surface area contributed by atoms with E-state index in [9.17, 15) is 18.7 Å². The molecule has 0 spiro atoms. The third kappa shape index (κ3) is 1.85. The number of rotatable bonds is 2. The van der Waals surface area contributed by atoms with Crippen LogP contribution < -0.4 is 11.4 Å². The summed E-state index contributed by atoms with van der Waals surface area (Å²) in [6.45, 7) is -0.787. The number of aliphatic hydroxyl groups excluding tert-OH is 2. The maximum Gasteiger partial charge on any atom is 0.351 e. The van der Waals surface area contributed by atoms with Gasteiger partial charge in [-0.15, -0.1) is 0 Å². The van der Waals surface area contributed by atoms with Gasteiger partial charge in [-0.2, -0.15) is 13.8 Å². The number of hydrogen-bond donors (Lipinski definition) is 3. The molecule has 0 saturated carbocycles. The number of aliphatic hydroxyl groups is 2. The summed E-state index contributed by atoms with van der Waals surface area (Å²) in [5.41, 5.74) is 4.21. The molecule has 4 N–H and O–H groups in total. The van der Waals surface area contributed by atoms with E-state index in [4.69, 9.17) is 15.6 Å². The summed E-state index contributed by atoms with van der Waals surface area (Å²) in [6, 6.07) is 1.15. The zero-order chi connectivity index (χ0) is 13.5. The van der Waals surface area contributed by atoms with Crippen LogP contribution in [0.1, 0.15) is 6.23 Å². The Morgan fingerprint density at radius 2 is 2.28 bits per heavy atom. The van der Waals surface area contributed by atoms with Gasteiger partial charge in [0.15, 0.2) is 6.10 Å². The van der Waals surface area contributed by atoms with Gasteiger partial charge in [-0.05, 0) is 6.07 Å². The molecule has 0 aromatic carbocycles. The van der Waals surface area contributed by atoms with Gasteiger partial charge >= 0.3 is 11.6 Å². The molecule has 0 bridgehead atoms. The van der Waals surface area contributed by atoms with Crippen molar-refractivity contribution in [2.24, 2.45) is 0 Å². The molecule has 1 unspecified atom stereocenters. The number of hydrogen-bond acceptors (Lipinski definition) is 6. The molecule has 9 heteroatoms. The van der Waals surface area contributed by atoms with Crippen LogP contribution in [0.3, 0.4) is 0 Å². The number of nitrogens with two attached hydrogens (primary N) is 1. The molecule has 0 radical (unpaired) electrons. The highest BCUT2D eigenvalue weighted by Gasteiger charge is 2.59. The van der Waals surface area contributed by atoms with Crippen molar-refractivity contribution < 1.29 is 23.7 Å². The Kier molecular flexibility index (Phi) is 3.05. The van der Waals surface area contributed by atoms with Crippen molar-refractivity contribution in [1.29, 1.82) is 0 Å². The van der Waals surface area contributed by atoms with E-state index in [1.54, 1.807) is 0 Å². The van der Waals surface area contributed by atoms with Crippen molar-refractivity contribution in [3.8, 4) is 0 Å². The van der Waals surface area contributed by atoms with Gasteiger partial charge in [0.05, 0.1) is 6.61 Å². The summed E-state index contributed by atoms with van der Waals surface area (Å²) in [4.78, 5) is 14.7. The van der Waals surface area contributed by atoms with Gasteiger partial charge in [-0.25, -0.2) is 4.79 Å². The molecule has 100 valence electrons. The summed E-state index contributed by atoms with van der Waals surface area (Å²) in [6.07, 6.45) is -4.69. The number of nitrogens with zero attached hydrogens (tertiary/aromatic N) is 2. The minimum absolute atomic E-state index is 0.114. The van der Waals surface area contributed by atoms with E-state index >= 15 is 0 Å². The quantitative estimate of drug-likeness (QED) is 0.612. The van der Waals surface area contributed by atoms with Crippen LogP contribution in [0, 0.1) is 0 Å². The molecule has 2 heterocycles. The smallest absolute Gasteiger partial charge is 0.351 e. The highest BCUT2D eigenvalue weighted by Crippen LogP contribution is 2.41. The Morgan fingerprint density at radius 3 is 2.78 bits per heavy atom. The highest BCUT2D eigenvalue weighted by atomic mass is 19.3. The minimum atomic E-state index is -3.71. The fraction of sp³-hybridized carbons (Fsp3) is 0.556. The van der Waals surface area contributed by atoms with Crippen molar-refractivity contribution in [2.45, 2.75) is 24.4 Å². The van der Waals surface area contributed by atoms with Crippen LogP contribution in [-0.4, -0.2) is 44.5 Å². The van der Waals surface area contributed by atoms with Gasteiger partial charge in [0.2, 0.25) is 6.23 Å². The number of halogens is 2. The molecule has 1 aliphatic rings. The first-order valence-corrected chi connectivity index (χ1v) is 5.04. The van der Waals surface area contributed by atoms with Crippen molar-refractivity contribution in [3.63, 3.8) is 0 Å². The molecule has 3 atom stereocenters. The van der Waals surface area contributed by atoms with Crippen LogP contribution in [0.5, 0.6) is 0 Å². The molecule has 2 rings (SSSR count). The van der Waals surface area contributed by atoms with Gasteiger partial charge in [-0.1, -0.05) is 0 Å². The van der Waals surface area contributed by atoms with Crippen LogP contribution in [0.4, 0.5) is 14.6 Å². The Bertz CT molecular complexity index is 507. The minimum Gasteiger partial charge on any atom is -0.394 e. The summed E-state index contributed by atoms with van der Waals surface area (Å²) in [5.74, 6) is -3.83. The zero-order valence-corrected chi connectivity index (χ0v) is 9.03. The second-order valence-corrected chi connectivity index (χ2v) is 3.87.